The monoisotopic (exact) mass is 717 g/mol. The number of ether oxygens (including phenoxy) is 2. The van der Waals surface area contributed by atoms with Gasteiger partial charge in [0, 0.05) is 47.2 Å². The van der Waals surface area contributed by atoms with Gasteiger partial charge in [0.15, 0.2) is 0 Å². The Labute approximate surface area is 277 Å². The number of amides is 2. The van der Waals surface area contributed by atoms with Crippen LogP contribution < -0.4 is 20.5 Å². The number of rotatable bonds is 13. The van der Waals surface area contributed by atoms with Crippen molar-refractivity contribution >= 4 is 34.3 Å². The van der Waals surface area contributed by atoms with E-state index in [1.54, 1.807) is 0 Å². The van der Waals surface area contributed by atoms with E-state index >= 15 is 4.39 Å². The van der Waals surface area contributed by atoms with Crippen LogP contribution >= 0.6 is 11.6 Å². The summed E-state index contributed by atoms with van der Waals surface area (Å²) in [4.78, 5) is 29.0. The van der Waals surface area contributed by atoms with Crippen molar-refractivity contribution < 1.29 is 54.9 Å². The first-order valence-corrected chi connectivity index (χ1v) is 15.0. The van der Waals surface area contributed by atoms with Crippen molar-refractivity contribution in [2.45, 2.75) is 43.8 Å². The van der Waals surface area contributed by atoms with Crippen LogP contribution in [0.25, 0.3) is 22.2 Å². The van der Waals surface area contributed by atoms with Crippen LogP contribution in [0.2, 0.25) is 5.02 Å². The van der Waals surface area contributed by atoms with Crippen LogP contribution in [-0.2, 0) is 22.6 Å². The molecule has 262 valence electrons. The van der Waals surface area contributed by atoms with E-state index in [9.17, 15) is 41.0 Å². The molecule has 4 aromatic rings. The molecule has 0 saturated heterocycles. The van der Waals surface area contributed by atoms with Gasteiger partial charge >= 0.3 is 6.18 Å². The molecule has 2 heterocycles. The number of benzene rings is 2. The van der Waals surface area contributed by atoms with Gasteiger partial charge in [-0.3, -0.25) is 9.59 Å². The Morgan fingerprint density at radius 1 is 1.12 bits per heavy atom. The van der Waals surface area contributed by atoms with Gasteiger partial charge in [0.1, 0.15) is 47.6 Å². The fraction of sp³-hybridized carbons (Fsp3) is 0.355. The third-order valence-electron chi connectivity index (χ3n) is 7.61. The molecule has 0 unspecified atom stereocenters. The topological polar surface area (TPSA) is 142 Å². The number of aliphatic hydroxyl groups is 1. The smallest absolute Gasteiger partial charge is 0.424 e. The molecule has 10 nitrogen and oxygen atoms in total. The third-order valence-corrected chi connectivity index (χ3v) is 7.90. The van der Waals surface area contributed by atoms with Crippen LogP contribution in [0.5, 0.6) is 11.5 Å². The Morgan fingerprint density at radius 3 is 2.45 bits per heavy atom. The van der Waals surface area contributed by atoms with Crippen LogP contribution in [0.4, 0.5) is 30.7 Å². The van der Waals surface area contributed by atoms with Crippen molar-refractivity contribution in [2.24, 2.45) is 5.73 Å². The number of pyridine rings is 1. The van der Waals surface area contributed by atoms with Gasteiger partial charge in [0.25, 0.3) is 5.91 Å². The molecule has 1 saturated carbocycles. The maximum absolute atomic E-state index is 15.0. The van der Waals surface area contributed by atoms with Crippen molar-refractivity contribution in [3.63, 3.8) is 0 Å². The molecule has 0 spiro atoms. The number of nitrogens with zero attached hydrogens (tertiary/aromatic N) is 3. The molecular weight excluding hydrogens is 691 g/mol. The largest absolute Gasteiger partial charge is 0.491 e. The molecule has 1 aliphatic rings. The molecule has 0 bridgehead atoms. The van der Waals surface area contributed by atoms with Gasteiger partial charge in [0.05, 0.1) is 30.3 Å². The van der Waals surface area contributed by atoms with E-state index in [0.29, 0.717) is 12.1 Å². The number of alkyl halides is 5. The Kier molecular flexibility index (Phi) is 9.71. The van der Waals surface area contributed by atoms with Crippen molar-refractivity contribution in [1.29, 1.82) is 0 Å². The van der Waals surface area contributed by atoms with Gasteiger partial charge in [-0.1, -0.05) is 11.6 Å². The number of carbonyl (C=O) groups excluding carboxylic acids is 2. The maximum Gasteiger partial charge on any atom is 0.424 e. The normalized spacial score (nSPS) is 15.1. The highest BCUT2D eigenvalue weighted by atomic mass is 35.5. The van der Waals surface area contributed by atoms with Gasteiger partial charge in [-0.05, 0) is 31.2 Å². The molecule has 49 heavy (non-hydrogen) atoms. The van der Waals surface area contributed by atoms with Crippen LogP contribution in [-0.4, -0.2) is 64.3 Å². The Hall–Kier alpha value is -4.64. The minimum absolute atomic E-state index is 0.0712. The first-order chi connectivity index (χ1) is 23.0. The van der Waals surface area contributed by atoms with Crippen molar-refractivity contribution in [3.05, 3.63) is 70.0 Å². The number of aromatic nitrogens is 3. The SMILES string of the molecule is CCOc1c(CC(N)=O)cc([C@@](O)(CNC(=O)c2cc(OCCF)c3nn(C4(F)CC4)cc3c2)C(F)(F)F)nc1-c1cc(Cl)c(F)cc1F. The van der Waals surface area contributed by atoms with Gasteiger partial charge in [-0.25, -0.2) is 27.2 Å². The molecule has 5 rings (SSSR count). The Bertz CT molecular complexity index is 1940. The second-order valence-electron chi connectivity index (χ2n) is 11.1. The summed E-state index contributed by atoms with van der Waals surface area (Å²) in [6.07, 6.45) is -4.71. The summed E-state index contributed by atoms with van der Waals surface area (Å²) >= 11 is 5.82. The predicted molar refractivity (Wildman–Crippen MR) is 160 cm³/mol. The average Bonchev–Trinajstić information content (AvgIpc) is 3.62. The minimum atomic E-state index is -5.57. The van der Waals surface area contributed by atoms with Gasteiger partial charge in [-0.2, -0.15) is 18.3 Å². The molecule has 2 amide bonds. The molecule has 1 aliphatic carbocycles. The number of hydrogen-bond donors (Lipinski definition) is 3. The van der Waals surface area contributed by atoms with E-state index in [0.717, 1.165) is 16.8 Å². The first-order valence-electron chi connectivity index (χ1n) is 14.6. The molecule has 18 heteroatoms. The average molecular weight is 718 g/mol. The van der Waals surface area contributed by atoms with Crippen molar-refractivity contribution in [3.8, 4) is 22.8 Å². The van der Waals surface area contributed by atoms with Crippen molar-refractivity contribution in [1.82, 2.24) is 20.1 Å². The van der Waals surface area contributed by atoms with E-state index in [4.69, 9.17) is 26.8 Å². The maximum atomic E-state index is 15.0. The predicted octanol–water partition coefficient (Wildman–Crippen LogP) is 5.40. The zero-order chi connectivity index (χ0) is 35.9. The van der Waals surface area contributed by atoms with E-state index < -0.39 is 95.0 Å². The number of nitrogens with two attached hydrogens (primary N) is 1. The fourth-order valence-electron chi connectivity index (χ4n) is 4.99. The lowest BCUT2D eigenvalue weighted by atomic mass is 9.93. The third kappa shape index (κ3) is 7.08. The highest BCUT2D eigenvalue weighted by Gasteiger charge is 2.57. The summed E-state index contributed by atoms with van der Waals surface area (Å²) < 4.78 is 113. The number of carbonyl (C=O) groups is 2. The molecule has 1 fully saturated rings. The summed E-state index contributed by atoms with van der Waals surface area (Å²) in [5.74, 6) is -7.03. The molecule has 1 atom stereocenters. The van der Waals surface area contributed by atoms with E-state index in [1.165, 1.54) is 19.2 Å². The second-order valence-corrected chi connectivity index (χ2v) is 11.6. The Balaban J connectivity index is 1.58. The number of hydrogen-bond acceptors (Lipinski definition) is 7. The molecule has 2 aromatic heterocycles. The Morgan fingerprint density at radius 2 is 1.84 bits per heavy atom. The minimum Gasteiger partial charge on any atom is -0.491 e. The van der Waals surface area contributed by atoms with Crippen molar-refractivity contribution in [2.75, 3.05) is 26.4 Å². The summed E-state index contributed by atoms with van der Waals surface area (Å²) in [6, 6.07) is 4.01. The lowest BCUT2D eigenvalue weighted by Gasteiger charge is -2.31. The summed E-state index contributed by atoms with van der Waals surface area (Å²) in [5, 5.41) is 16.8. The number of halogens is 8. The molecule has 0 aliphatic heterocycles. The van der Waals surface area contributed by atoms with Crippen LogP contribution in [0.15, 0.2) is 36.5 Å². The lowest BCUT2D eigenvalue weighted by molar-refractivity contribution is -0.265. The van der Waals surface area contributed by atoms with Gasteiger partial charge < -0.3 is 25.6 Å². The molecule has 0 radical (unpaired) electrons. The van der Waals surface area contributed by atoms with Gasteiger partial charge in [0.2, 0.25) is 17.3 Å². The number of primary amides is 1. The van der Waals surface area contributed by atoms with Crippen LogP contribution in [0, 0.1) is 11.6 Å². The quantitative estimate of drug-likeness (QED) is 0.124. The highest BCUT2D eigenvalue weighted by molar-refractivity contribution is 6.31. The van der Waals surface area contributed by atoms with E-state index in [2.05, 4.69) is 10.1 Å². The first kappa shape index (κ1) is 35.7. The molecular formula is C31H27ClF7N5O5. The second kappa shape index (κ2) is 13.3. The number of fused-ring (bicyclic) bond motifs is 1. The highest BCUT2D eigenvalue weighted by Crippen LogP contribution is 2.46. The lowest BCUT2D eigenvalue weighted by Crippen LogP contribution is -2.51. The molecule has 2 aromatic carbocycles. The summed E-state index contributed by atoms with van der Waals surface area (Å²) in [7, 11) is 0. The van der Waals surface area contributed by atoms with Crippen LogP contribution in [0.3, 0.4) is 0 Å². The molecule has 4 N–H and O–H groups in total. The van der Waals surface area contributed by atoms with E-state index in [-0.39, 0.29) is 47.2 Å². The van der Waals surface area contributed by atoms with E-state index in [1.807, 2.05) is 5.32 Å². The summed E-state index contributed by atoms with van der Waals surface area (Å²) in [5.41, 5.74) is -1.79. The summed E-state index contributed by atoms with van der Waals surface area (Å²) in [6.45, 7) is -1.67. The van der Waals surface area contributed by atoms with Crippen LogP contribution in [0.1, 0.15) is 41.4 Å². The zero-order valence-electron chi connectivity index (χ0n) is 25.4. The fourth-order valence-corrected chi connectivity index (χ4v) is 5.15. The number of nitrogens with one attached hydrogen (secondary N) is 1. The zero-order valence-corrected chi connectivity index (χ0v) is 26.2. The van der Waals surface area contributed by atoms with Gasteiger partial charge in [-0.15, -0.1) is 0 Å². The standard InChI is InChI=1S/C31H27ClF7N5O5/c1-2-48-27-15(10-24(40)45)9-23(42-26(27)18-11-19(32)21(35)12-20(18)34)30(47,31(37,38)39)14-41-28(46)16-7-17-13-44(29(36)3-4-29)43-25(17)22(8-16)49-6-5-33/h7-9,11-13,47H,2-6,10,14H2,1H3,(H2,40,45)(H,41,46)/t30-/m0/s1.